The molecule has 10 nitrogen and oxygen atoms in total. The fourth-order valence-electron chi connectivity index (χ4n) is 2.02. The molecular formula is C16H26N4O6. The van der Waals surface area contributed by atoms with Crippen LogP contribution in [-0.2, 0) is 28.7 Å². The first-order valence-corrected chi connectivity index (χ1v) is 8.47. The van der Waals surface area contributed by atoms with Crippen molar-refractivity contribution < 1.29 is 28.7 Å². The van der Waals surface area contributed by atoms with Gasteiger partial charge in [-0.15, -0.1) is 0 Å². The van der Waals surface area contributed by atoms with Gasteiger partial charge < -0.3 is 25.8 Å². The fraction of sp³-hybridized carbons (Fsp3) is 0.625. The monoisotopic (exact) mass is 370 g/mol. The maximum atomic E-state index is 11.6. The lowest BCUT2D eigenvalue weighted by atomic mass is 10.3. The van der Waals surface area contributed by atoms with Crippen molar-refractivity contribution in [1.29, 1.82) is 0 Å². The largest absolute Gasteiger partial charge is 0.379 e. The molecule has 0 aromatic rings. The molecule has 146 valence electrons. The second-order valence-corrected chi connectivity index (χ2v) is 5.37. The minimum atomic E-state index is -0.407. The Morgan fingerprint density at radius 2 is 1.42 bits per heavy atom. The Labute approximate surface area is 152 Å². The molecule has 1 aliphatic rings. The van der Waals surface area contributed by atoms with Gasteiger partial charge in [0.1, 0.15) is 0 Å². The van der Waals surface area contributed by atoms with Gasteiger partial charge in [-0.2, -0.15) is 0 Å². The predicted molar refractivity (Wildman–Crippen MR) is 91.8 cm³/mol. The van der Waals surface area contributed by atoms with Crippen molar-refractivity contribution in [3.8, 4) is 0 Å². The van der Waals surface area contributed by atoms with Gasteiger partial charge in [0.05, 0.1) is 26.4 Å². The number of ether oxygens (including phenoxy) is 2. The lowest BCUT2D eigenvalue weighted by Crippen LogP contribution is -2.35. The minimum Gasteiger partial charge on any atom is -0.379 e. The summed E-state index contributed by atoms with van der Waals surface area (Å²) in [5.74, 6) is -1.24. The van der Waals surface area contributed by atoms with Crippen molar-refractivity contribution >= 4 is 23.6 Å². The first-order valence-electron chi connectivity index (χ1n) is 8.47. The van der Waals surface area contributed by atoms with Crippen molar-refractivity contribution in [2.75, 3.05) is 52.6 Å². The molecule has 4 amide bonds. The number of nitrogens with one attached hydrogen (secondary N) is 2. The van der Waals surface area contributed by atoms with Crippen LogP contribution >= 0.6 is 0 Å². The second-order valence-electron chi connectivity index (χ2n) is 5.37. The predicted octanol–water partition coefficient (Wildman–Crippen LogP) is -2.08. The quantitative estimate of drug-likeness (QED) is 0.235. The Kier molecular flexibility index (Phi) is 10.9. The summed E-state index contributed by atoms with van der Waals surface area (Å²) in [5, 5.41) is 5.30. The van der Waals surface area contributed by atoms with Crippen LogP contribution in [0.5, 0.6) is 0 Å². The van der Waals surface area contributed by atoms with Gasteiger partial charge in [-0.1, -0.05) is 0 Å². The van der Waals surface area contributed by atoms with Gasteiger partial charge in [0, 0.05) is 51.2 Å². The van der Waals surface area contributed by atoms with Crippen LogP contribution in [0.3, 0.4) is 0 Å². The van der Waals surface area contributed by atoms with Crippen LogP contribution in [-0.4, -0.2) is 81.1 Å². The van der Waals surface area contributed by atoms with E-state index in [1.54, 1.807) is 0 Å². The van der Waals surface area contributed by atoms with Crippen molar-refractivity contribution in [1.82, 2.24) is 15.5 Å². The molecule has 1 rings (SSSR count). The van der Waals surface area contributed by atoms with E-state index in [2.05, 4.69) is 10.6 Å². The Morgan fingerprint density at radius 1 is 0.885 bits per heavy atom. The second kappa shape index (κ2) is 13.0. The zero-order valence-corrected chi connectivity index (χ0v) is 14.7. The topological polar surface area (TPSA) is 140 Å². The van der Waals surface area contributed by atoms with Crippen LogP contribution in [0.2, 0.25) is 0 Å². The molecule has 0 saturated carbocycles. The highest BCUT2D eigenvalue weighted by molar-refractivity contribution is 6.13. The molecule has 4 N–H and O–H groups in total. The molecule has 0 aromatic carbocycles. The zero-order chi connectivity index (χ0) is 19.2. The molecule has 0 bridgehead atoms. The SMILES string of the molecule is NCCOCCNC(=O)CCOCCNC(=O)CCN1C(=O)C=CC1=O. The van der Waals surface area contributed by atoms with Crippen LogP contribution in [0.15, 0.2) is 12.2 Å². The molecule has 1 aliphatic heterocycles. The maximum Gasteiger partial charge on any atom is 0.253 e. The van der Waals surface area contributed by atoms with Crippen LogP contribution < -0.4 is 16.4 Å². The molecule has 10 heteroatoms. The molecule has 0 radical (unpaired) electrons. The average molecular weight is 370 g/mol. The highest BCUT2D eigenvalue weighted by Gasteiger charge is 2.23. The van der Waals surface area contributed by atoms with Crippen molar-refractivity contribution in [3.63, 3.8) is 0 Å². The number of carbonyl (C=O) groups is 4. The summed E-state index contributed by atoms with van der Waals surface area (Å²) in [6.07, 6.45) is 2.61. The number of nitrogens with two attached hydrogens (primary N) is 1. The molecule has 0 aliphatic carbocycles. The number of amides is 4. The van der Waals surface area contributed by atoms with Crippen LogP contribution in [0.4, 0.5) is 0 Å². The van der Waals surface area contributed by atoms with Gasteiger partial charge in [-0.05, 0) is 0 Å². The van der Waals surface area contributed by atoms with E-state index in [9.17, 15) is 19.2 Å². The van der Waals surface area contributed by atoms with Gasteiger partial charge in [0.25, 0.3) is 11.8 Å². The lowest BCUT2D eigenvalue weighted by Gasteiger charge is -2.13. The van der Waals surface area contributed by atoms with Crippen LogP contribution in [0, 0.1) is 0 Å². The summed E-state index contributed by atoms with van der Waals surface area (Å²) < 4.78 is 10.4. The summed E-state index contributed by atoms with van der Waals surface area (Å²) >= 11 is 0. The number of imide groups is 1. The molecule has 26 heavy (non-hydrogen) atoms. The summed E-state index contributed by atoms with van der Waals surface area (Å²) in [4.78, 5) is 46.7. The number of nitrogens with zero attached hydrogens (tertiary/aromatic N) is 1. The normalized spacial score (nSPS) is 13.3. The third-order valence-corrected chi connectivity index (χ3v) is 3.34. The standard InChI is InChI=1S/C16H26N4O6/c17-5-10-26-12-7-19-14(22)4-9-25-11-6-18-13(21)3-8-20-15(23)1-2-16(20)24/h1-2H,3-12,17H2,(H,18,21)(H,19,22). The minimum absolute atomic E-state index is 0.0355. The molecule has 0 spiro atoms. The van der Waals surface area contributed by atoms with E-state index in [0.29, 0.717) is 26.3 Å². The zero-order valence-electron chi connectivity index (χ0n) is 14.7. The molecule has 0 aromatic heterocycles. The molecule has 0 unspecified atom stereocenters. The number of carbonyl (C=O) groups excluding carboxylic acids is 4. The third kappa shape index (κ3) is 9.25. The van der Waals surface area contributed by atoms with E-state index in [1.807, 2.05) is 0 Å². The van der Waals surface area contributed by atoms with Crippen LogP contribution in [0.25, 0.3) is 0 Å². The van der Waals surface area contributed by atoms with Crippen molar-refractivity contribution in [3.05, 3.63) is 12.2 Å². The van der Waals surface area contributed by atoms with E-state index in [4.69, 9.17) is 15.2 Å². The molecule has 0 saturated heterocycles. The Hall–Kier alpha value is -2.30. The first kappa shape index (κ1) is 21.7. The van der Waals surface area contributed by atoms with Crippen LogP contribution in [0.1, 0.15) is 12.8 Å². The molecule has 0 atom stereocenters. The molecule has 0 fully saturated rings. The van der Waals surface area contributed by atoms with Gasteiger partial charge in [-0.25, -0.2) is 0 Å². The summed E-state index contributed by atoms with van der Waals surface area (Å²) in [5.41, 5.74) is 5.26. The first-order chi connectivity index (χ1) is 12.5. The van der Waals surface area contributed by atoms with Crippen molar-refractivity contribution in [2.45, 2.75) is 12.8 Å². The Morgan fingerprint density at radius 3 is 2.00 bits per heavy atom. The summed E-state index contributed by atoms with van der Waals surface area (Å²) in [6.45, 7) is 2.60. The summed E-state index contributed by atoms with van der Waals surface area (Å²) in [7, 11) is 0. The average Bonchev–Trinajstić information content (AvgIpc) is 2.94. The van der Waals surface area contributed by atoms with E-state index < -0.39 is 11.8 Å². The smallest absolute Gasteiger partial charge is 0.253 e. The lowest BCUT2D eigenvalue weighted by molar-refractivity contribution is -0.137. The molecule has 1 heterocycles. The van der Waals surface area contributed by atoms with Gasteiger partial charge in [0.2, 0.25) is 11.8 Å². The Balaban J connectivity index is 1.93. The third-order valence-electron chi connectivity index (χ3n) is 3.34. The van der Waals surface area contributed by atoms with E-state index in [1.165, 1.54) is 12.2 Å². The highest BCUT2D eigenvalue weighted by atomic mass is 16.5. The highest BCUT2D eigenvalue weighted by Crippen LogP contribution is 2.03. The van der Waals surface area contributed by atoms with Gasteiger partial charge >= 0.3 is 0 Å². The van der Waals surface area contributed by atoms with E-state index >= 15 is 0 Å². The maximum absolute atomic E-state index is 11.6. The van der Waals surface area contributed by atoms with Gasteiger partial charge in [-0.3, -0.25) is 24.1 Å². The van der Waals surface area contributed by atoms with Gasteiger partial charge in [0.15, 0.2) is 0 Å². The Bertz CT molecular complexity index is 505. The number of hydrogen-bond acceptors (Lipinski definition) is 7. The number of rotatable bonds is 14. The fourth-order valence-corrected chi connectivity index (χ4v) is 2.02. The number of hydrogen-bond donors (Lipinski definition) is 3. The molecular weight excluding hydrogens is 344 g/mol. The van der Waals surface area contributed by atoms with E-state index in [0.717, 1.165) is 4.90 Å². The van der Waals surface area contributed by atoms with E-state index in [-0.39, 0.29) is 51.0 Å². The summed E-state index contributed by atoms with van der Waals surface area (Å²) in [6, 6.07) is 0. The van der Waals surface area contributed by atoms with Crippen molar-refractivity contribution in [2.24, 2.45) is 5.73 Å².